The number of thiocarbonyl (C=S) groups is 1. The standard InChI is InChI=1S/C6H10N2OS3/c1-3-7-4-5(10)8(6(7)9)12(2)11/h3-4H2,1-2H3. The van der Waals surface area contributed by atoms with Crippen LogP contribution in [0.1, 0.15) is 6.92 Å². The Morgan fingerprint density at radius 2 is 2.25 bits per heavy atom. The van der Waals surface area contributed by atoms with Crippen LogP contribution < -0.4 is 0 Å². The van der Waals surface area contributed by atoms with E-state index in [1.807, 2.05) is 13.2 Å². The highest BCUT2D eigenvalue weighted by molar-refractivity contribution is 8.27. The van der Waals surface area contributed by atoms with E-state index in [1.54, 1.807) is 4.90 Å². The van der Waals surface area contributed by atoms with Crippen LogP contribution in [-0.4, -0.2) is 39.6 Å². The lowest BCUT2D eigenvalue weighted by molar-refractivity contribution is 0.211. The van der Waals surface area contributed by atoms with E-state index in [-0.39, 0.29) is 6.03 Å². The second-order valence-electron chi connectivity index (χ2n) is 2.41. The molecule has 68 valence electrons. The van der Waals surface area contributed by atoms with Crippen molar-refractivity contribution in [3.05, 3.63) is 0 Å². The van der Waals surface area contributed by atoms with Gasteiger partial charge in [0, 0.05) is 12.8 Å². The fourth-order valence-electron chi connectivity index (χ4n) is 1.03. The van der Waals surface area contributed by atoms with Crippen LogP contribution in [0.3, 0.4) is 0 Å². The molecule has 0 bridgehead atoms. The predicted octanol–water partition coefficient (Wildman–Crippen LogP) is 0.696. The predicted molar refractivity (Wildman–Crippen MR) is 57.7 cm³/mol. The van der Waals surface area contributed by atoms with E-state index in [1.165, 1.54) is 4.31 Å². The third kappa shape index (κ3) is 1.65. The minimum atomic E-state index is -0.489. The zero-order chi connectivity index (χ0) is 9.30. The Bertz CT molecular complexity index is 253. The number of carbonyl (C=O) groups excluding carboxylic acids is 1. The summed E-state index contributed by atoms with van der Waals surface area (Å²) in [5, 5.41) is 0. The van der Waals surface area contributed by atoms with Crippen molar-refractivity contribution >= 4 is 44.1 Å². The van der Waals surface area contributed by atoms with Gasteiger partial charge in [-0.15, -0.1) is 0 Å². The van der Waals surface area contributed by atoms with E-state index in [0.29, 0.717) is 18.1 Å². The number of urea groups is 1. The maximum atomic E-state index is 11.5. The third-order valence-corrected chi connectivity index (χ3v) is 3.40. The molecule has 0 spiro atoms. The van der Waals surface area contributed by atoms with E-state index < -0.39 is 9.64 Å². The summed E-state index contributed by atoms with van der Waals surface area (Å²) in [7, 11) is -0.489. The van der Waals surface area contributed by atoms with Crippen molar-refractivity contribution in [3.63, 3.8) is 0 Å². The van der Waals surface area contributed by atoms with E-state index >= 15 is 0 Å². The van der Waals surface area contributed by atoms with Gasteiger partial charge in [-0.25, -0.2) is 9.10 Å². The van der Waals surface area contributed by atoms with E-state index in [4.69, 9.17) is 23.4 Å². The second-order valence-corrected chi connectivity index (χ2v) is 5.54. The first-order valence-corrected chi connectivity index (χ1v) is 6.45. The van der Waals surface area contributed by atoms with Gasteiger partial charge in [-0.1, -0.05) is 12.2 Å². The van der Waals surface area contributed by atoms with Gasteiger partial charge in [-0.3, -0.25) is 0 Å². The first kappa shape index (κ1) is 10.0. The molecule has 3 nitrogen and oxygen atoms in total. The molecule has 0 saturated carbocycles. The van der Waals surface area contributed by atoms with Gasteiger partial charge in [-0.2, -0.15) is 0 Å². The SMILES string of the molecule is CCN1CC(=S)N(S(C)=S)C1=O. The highest BCUT2D eigenvalue weighted by Gasteiger charge is 2.32. The number of hydrogen-bond acceptors (Lipinski definition) is 3. The number of nitrogens with zero attached hydrogens (tertiary/aromatic N) is 2. The summed E-state index contributed by atoms with van der Waals surface area (Å²) in [6, 6.07) is -0.0386. The second kappa shape index (κ2) is 3.76. The Morgan fingerprint density at radius 3 is 2.50 bits per heavy atom. The van der Waals surface area contributed by atoms with Crippen LogP contribution in [0.2, 0.25) is 0 Å². The van der Waals surface area contributed by atoms with Gasteiger partial charge in [0.1, 0.15) is 4.99 Å². The van der Waals surface area contributed by atoms with Gasteiger partial charge >= 0.3 is 6.03 Å². The average Bonchev–Trinajstić information content (AvgIpc) is 2.25. The Hall–Kier alpha value is -0.0700. The van der Waals surface area contributed by atoms with Crippen LogP contribution >= 0.6 is 12.2 Å². The lowest BCUT2D eigenvalue weighted by atomic mass is 10.6. The largest absolute Gasteiger partial charge is 0.335 e. The Morgan fingerprint density at radius 1 is 1.67 bits per heavy atom. The Labute approximate surface area is 84.4 Å². The first-order valence-electron chi connectivity index (χ1n) is 3.53. The molecule has 2 amide bonds. The molecule has 1 atom stereocenters. The monoisotopic (exact) mass is 222 g/mol. The molecule has 0 radical (unpaired) electrons. The molecule has 1 fully saturated rings. The van der Waals surface area contributed by atoms with Gasteiger partial charge in [0.05, 0.1) is 6.54 Å². The highest BCUT2D eigenvalue weighted by atomic mass is 32.8. The summed E-state index contributed by atoms with van der Waals surface area (Å²) in [6.07, 6.45) is 1.82. The number of likely N-dealkylation sites (N-methyl/N-ethyl adjacent to an activating group) is 1. The van der Waals surface area contributed by atoms with Crippen molar-refractivity contribution in [2.24, 2.45) is 0 Å². The highest BCUT2D eigenvalue weighted by Crippen LogP contribution is 2.12. The average molecular weight is 222 g/mol. The molecule has 0 N–H and O–H groups in total. The van der Waals surface area contributed by atoms with Gasteiger partial charge in [0.25, 0.3) is 0 Å². The molecule has 0 aliphatic carbocycles. The molecule has 1 saturated heterocycles. The normalized spacial score (nSPS) is 20.5. The number of rotatable bonds is 2. The molecule has 12 heavy (non-hydrogen) atoms. The minimum absolute atomic E-state index is 0.0386. The molecule has 1 aliphatic heterocycles. The fourth-order valence-corrected chi connectivity index (χ4v) is 2.88. The molecule has 6 heteroatoms. The third-order valence-electron chi connectivity index (χ3n) is 1.64. The molecular weight excluding hydrogens is 212 g/mol. The quantitative estimate of drug-likeness (QED) is 0.643. The fraction of sp³-hybridized carbons (Fsp3) is 0.667. The molecule has 0 aromatic carbocycles. The number of amides is 2. The number of carbonyl (C=O) groups is 1. The van der Waals surface area contributed by atoms with Gasteiger partial charge in [0.15, 0.2) is 0 Å². The Kier molecular flexibility index (Phi) is 3.14. The summed E-state index contributed by atoms with van der Waals surface area (Å²) < 4.78 is 1.52. The maximum Gasteiger partial charge on any atom is 0.335 e. The molecular formula is C6H10N2OS3. The van der Waals surface area contributed by atoms with Crippen LogP contribution in [-0.2, 0) is 20.8 Å². The molecule has 0 aromatic rings. The molecule has 1 aliphatic rings. The Balaban J connectivity index is 2.84. The molecule has 1 heterocycles. The van der Waals surface area contributed by atoms with Crippen molar-refractivity contribution < 1.29 is 4.79 Å². The van der Waals surface area contributed by atoms with Crippen molar-refractivity contribution in [3.8, 4) is 0 Å². The van der Waals surface area contributed by atoms with Crippen LogP contribution in [0, 0.1) is 0 Å². The van der Waals surface area contributed by atoms with E-state index in [2.05, 4.69) is 0 Å². The van der Waals surface area contributed by atoms with Gasteiger partial charge in [-0.05, 0) is 27.8 Å². The summed E-state index contributed by atoms with van der Waals surface area (Å²) >= 11 is 10.1. The smallest absolute Gasteiger partial charge is 0.317 e. The van der Waals surface area contributed by atoms with Crippen LogP contribution in [0.4, 0.5) is 4.79 Å². The summed E-state index contributed by atoms with van der Waals surface area (Å²) in [5.41, 5.74) is 0. The number of hydrogen-bond donors (Lipinski definition) is 0. The van der Waals surface area contributed by atoms with Gasteiger partial charge in [0.2, 0.25) is 0 Å². The summed E-state index contributed by atoms with van der Waals surface area (Å²) in [5.74, 6) is 0. The first-order chi connectivity index (χ1) is 5.57. The van der Waals surface area contributed by atoms with Crippen molar-refractivity contribution in [2.75, 3.05) is 19.3 Å². The lowest BCUT2D eigenvalue weighted by Crippen LogP contribution is -2.33. The van der Waals surface area contributed by atoms with Crippen LogP contribution in [0.25, 0.3) is 0 Å². The maximum absolute atomic E-state index is 11.5. The molecule has 0 aromatic heterocycles. The zero-order valence-corrected chi connectivity index (χ0v) is 9.39. The molecule has 1 unspecified atom stereocenters. The topological polar surface area (TPSA) is 23.6 Å². The minimum Gasteiger partial charge on any atom is -0.317 e. The summed E-state index contributed by atoms with van der Waals surface area (Å²) in [4.78, 5) is 13.8. The van der Waals surface area contributed by atoms with Crippen molar-refractivity contribution in [2.45, 2.75) is 6.92 Å². The summed E-state index contributed by atoms with van der Waals surface area (Å²) in [6.45, 7) is 3.18. The van der Waals surface area contributed by atoms with Crippen molar-refractivity contribution in [1.29, 1.82) is 0 Å². The van der Waals surface area contributed by atoms with E-state index in [0.717, 1.165) is 0 Å². The zero-order valence-electron chi connectivity index (χ0n) is 6.94. The van der Waals surface area contributed by atoms with E-state index in [9.17, 15) is 4.79 Å². The van der Waals surface area contributed by atoms with Crippen LogP contribution in [0.15, 0.2) is 0 Å². The molecule has 1 rings (SSSR count). The van der Waals surface area contributed by atoms with Crippen molar-refractivity contribution in [1.82, 2.24) is 9.21 Å². The van der Waals surface area contributed by atoms with Crippen LogP contribution in [0.5, 0.6) is 0 Å². The lowest BCUT2D eigenvalue weighted by Gasteiger charge is -2.14. The van der Waals surface area contributed by atoms with Gasteiger partial charge < -0.3 is 4.90 Å².